The number of hydrogen-bond acceptors (Lipinski definition) is 6. The number of anilines is 1. The summed E-state index contributed by atoms with van der Waals surface area (Å²) in [4.78, 5) is 19.0. The largest absolute Gasteiger partial charge is 0.396 e. The predicted octanol–water partition coefficient (Wildman–Crippen LogP) is 0.632. The van der Waals surface area contributed by atoms with Crippen molar-refractivity contribution in [3.05, 3.63) is 18.1 Å². The lowest BCUT2D eigenvalue weighted by atomic mass is 10.2. The minimum Gasteiger partial charge on any atom is -0.396 e. The van der Waals surface area contributed by atoms with Gasteiger partial charge in [0.15, 0.2) is 0 Å². The second kappa shape index (κ2) is 6.44. The molecule has 1 heterocycles. The fourth-order valence-corrected chi connectivity index (χ4v) is 2.30. The van der Waals surface area contributed by atoms with E-state index >= 15 is 0 Å². The number of Topliss-reactive ketones (excluding diaryl/α,β-unsaturated/α-hetero) is 1. The van der Waals surface area contributed by atoms with Gasteiger partial charge in [-0.3, -0.25) is 4.79 Å². The van der Waals surface area contributed by atoms with Crippen LogP contribution in [0.25, 0.3) is 0 Å². The van der Waals surface area contributed by atoms with Crippen molar-refractivity contribution < 1.29 is 9.90 Å². The molecule has 0 aliphatic rings. The van der Waals surface area contributed by atoms with Crippen molar-refractivity contribution >= 4 is 23.4 Å². The van der Waals surface area contributed by atoms with Crippen molar-refractivity contribution in [3.63, 3.8) is 0 Å². The molecule has 1 aromatic heterocycles. The average molecular weight is 241 g/mol. The zero-order valence-electron chi connectivity index (χ0n) is 9.09. The van der Waals surface area contributed by atoms with Gasteiger partial charge in [0.1, 0.15) is 17.9 Å². The molecule has 0 bridgehead atoms. The molecule has 16 heavy (non-hydrogen) atoms. The van der Waals surface area contributed by atoms with Crippen LogP contribution in [-0.4, -0.2) is 32.7 Å². The Balaban J connectivity index is 2.55. The van der Waals surface area contributed by atoms with Crippen LogP contribution in [0.1, 0.15) is 18.9 Å². The summed E-state index contributed by atoms with van der Waals surface area (Å²) < 4.78 is 0. The maximum absolute atomic E-state index is 11.2. The Kier molecular flexibility index (Phi) is 5.21. The number of carbonyl (C=O) groups is 1. The third-order valence-electron chi connectivity index (χ3n) is 2.11. The van der Waals surface area contributed by atoms with Crippen molar-refractivity contribution in [2.75, 3.05) is 12.3 Å². The van der Waals surface area contributed by atoms with Crippen LogP contribution in [0.15, 0.2) is 12.5 Å². The summed E-state index contributed by atoms with van der Waals surface area (Å²) in [5.41, 5.74) is 6.47. The van der Waals surface area contributed by atoms with E-state index in [4.69, 9.17) is 10.8 Å². The maximum atomic E-state index is 11.2. The van der Waals surface area contributed by atoms with Gasteiger partial charge in [-0.15, -0.1) is 11.8 Å². The molecule has 0 aliphatic heterocycles. The van der Waals surface area contributed by atoms with E-state index in [9.17, 15) is 4.79 Å². The minimum absolute atomic E-state index is 0.0119. The van der Waals surface area contributed by atoms with Crippen molar-refractivity contribution in [2.24, 2.45) is 0 Å². The zero-order chi connectivity index (χ0) is 12.0. The van der Waals surface area contributed by atoms with E-state index in [-0.39, 0.29) is 17.6 Å². The van der Waals surface area contributed by atoms with Crippen molar-refractivity contribution in [3.8, 4) is 0 Å². The van der Waals surface area contributed by atoms with Crippen LogP contribution in [-0.2, 0) is 10.5 Å². The Hall–Kier alpha value is -1.14. The van der Waals surface area contributed by atoms with Crippen LogP contribution < -0.4 is 5.73 Å². The van der Waals surface area contributed by atoms with Crippen LogP contribution in [0.3, 0.4) is 0 Å². The highest BCUT2D eigenvalue weighted by atomic mass is 32.2. The molecule has 1 rings (SSSR count). The highest BCUT2D eigenvalue weighted by Gasteiger charge is 2.14. The molecule has 1 unspecified atom stereocenters. The molecule has 0 radical (unpaired) electrons. The molecule has 0 saturated carbocycles. The van der Waals surface area contributed by atoms with Gasteiger partial charge in [-0.2, -0.15) is 0 Å². The van der Waals surface area contributed by atoms with Gasteiger partial charge < -0.3 is 10.8 Å². The number of hydrogen-bond donors (Lipinski definition) is 2. The predicted molar refractivity (Wildman–Crippen MR) is 63.9 cm³/mol. The summed E-state index contributed by atoms with van der Waals surface area (Å²) in [6, 6.07) is 0. The van der Waals surface area contributed by atoms with Gasteiger partial charge in [-0.1, -0.05) is 0 Å². The molecular weight excluding hydrogens is 226 g/mol. The summed E-state index contributed by atoms with van der Waals surface area (Å²) in [6.45, 7) is 1.54. The molecule has 0 fully saturated rings. The number of ketones is 1. The fourth-order valence-electron chi connectivity index (χ4n) is 1.19. The number of rotatable bonds is 6. The lowest BCUT2D eigenvalue weighted by Gasteiger charge is -2.12. The topological polar surface area (TPSA) is 89.1 Å². The number of aromatic nitrogens is 2. The molecule has 1 atom stereocenters. The Morgan fingerprint density at radius 3 is 3.00 bits per heavy atom. The molecule has 5 nitrogen and oxygen atoms in total. The van der Waals surface area contributed by atoms with Crippen molar-refractivity contribution in [1.29, 1.82) is 0 Å². The van der Waals surface area contributed by atoms with E-state index in [0.717, 1.165) is 5.56 Å². The van der Waals surface area contributed by atoms with Crippen molar-refractivity contribution in [1.82, 2.24) is 9.97 Å². The van der Waals surface area contributed by atoms with Gasteiger partial charge in [0.05, 0.1) is 5.25 Å². The number of nitrogens with two attached hydrogens (primary N) is 1. The quantitative estimate of drug-likeness (QED) is 0.759. The first-order valence-electron chi connectivity index (χ1n) is 4.92. The Morgan fingerprint density at radius 1 is 1.69 bits per heavy atom. The second-order valence-corrected chi connectivity index (χ2v) is 4.55. The van der Waals surface area contributed by atoms with Crippen LogP contribution >= 0.6 is 11.8 Å². The van der Waals surface area contributed by atoms with E-state index < -0.39 is 0 Å². The van der Waals surface area contributed by atoms with Gasteiger partial charge in [0.2, 0.25) is 0 Å². The number of aliphatic hydroxyl groups is 1. The van der Waals surface area contributed by atoms with Crippen LogP contribution in [0.2, 0.25) is 0 Å². The standard InChI is InChI=1S/C10H15N3O2S/c1-7(15)9(2-3-14)16-5-8-4-12-6-13-10(8)11/h4,6,9,14H,2-3,5H2,1H3,(H2,11,12,13). The van der Waals surface area contributed by atoms with E-state index in [1.807, 2.05) is 0 Å². The molecule has 1 aromatic rings. The minimum atomic E-state index is -0.190. The number of nitrogen functional groups attached to an aromatic ring is 1. The van der Waals surface area contributed by atoms with Gasteiger partial charge in [-0.25, -0.2) is 9.97 Å². The first kappa shape index (κ1) is 12.9. The lowest BCUT2D eigenvalue weighted by molar-refractivity contribution is -0.116. The van der Waals surface area contributed by atoms with Gasteiger partial charge in [-0.05, 0) is 13.3 Å². The first-order valence-corrected chi connectivity index (χ1v) is 5.97. The van der Waals surface area contributed by atoms with Crippen LogP contribution in [0.5, 0.6) is 0 Å². The summed E-state index contributed by atoms with van der Waals surface area (Å²) in [7, 11) is 0. The smallest absolute Gasteiger partial charge is 0.142 e. The first-order chi connectivity index (χ1) is 7.65. The molecule has 6 heteroatoms. The molecule has 0 amide bonds. The third-order valence-corrected chi connectivity index (χ3v) is 3.56. The normalized spacial score (nSPS) is 12.4. The Labute approximate surface area is 98.5 Å². The van der Waals surface area contributed by atoms with E-state index in [1.165, 1.54) is 25.0 Å². The molecule has 0 aromatic carbocycles. The summed E-state index contributed by atoms with van der Waals surface area (Å²) in [5, 5.41) is 8.63. The molecule has 0 saturated heterocycles. The van der Waals surface area contributed by atoms with Gasteiger partial charge in [0, 0.05) is 24.1 Å². The average Bonchev–Trinajstić information content (AvgIpc) is 2.26. The molecular formula is C10H15N3O2S. The zero-order valence-corrected chi connectivity index (χ0v) is 9.91. The second-order valence-electron chi connectivity index (χ2n) is 3.36. The van der Waals surface area contributed by atoms with E-state index in [0.29, 0.717) is 18.0 Å². The van der Waals surface area contributed by atoms with E-state index in [1.54, 1.807) is 6.20 Å². The number of thioether (sulfide) groups is 1. The molecule has 0 spiro atoms. The Bertz CT molecular complexity index is 360. The molecule has 0 aliphatic carbocycles. The molecule has 3 N–H and O–H groups in total. The third kappa shape index (κ3) is 3.79. The summed E-state index contributed by atoms with van der Waals surface area (Å²) >= 11 is 1.45. The summed E-state index contributed by atoms with van der Waals surface area (Å²) in [5.74, 6) is 1.08. The van der Waals surface area contributed by atoms with Gasteiger partial charge >= 0.3 is 0 Å². The number of aliphatic hydroxyl groups excluding tert-OH is 1. The number of carbonyl (C=O) groups excluding carboxylic acids is 1. The lowest BCUT2D eigenvalue weighted by Crippen LogP contribution is -2.15. The van der Waals surface area contributed by atoms with Crippen molar-refractivity contribution in [2.45, 2.75) is 24.3 Å². The maximum Gasteiger partial charge on any atom is 0.142 e. The molecule has 88 valence electrons. The fraction of sp³-hybridized carbons (Fsp3) is 0.500. The Morgan fingerprint density at radius 2 is 2.44 bits per heavy atom. The van der Waals surface area contributed by atoms with Crippen LogP contribution in [0.4, 0.5) is 5.82 Å². The van der Waals surface area contributed by atoms with E-state index in [2.05, 4.69) is 9.97 Å². The highest BCUT2D eigenvalue weighted by molar-refractivity contribution is 7.99. The van der Waals surface area contributed by atoms with Gasteiger partial charge in [0.25, 0.3) is 0 Å². The summed E-state index contributed by atoms with van der Waals surface area (Å²) in [6.07, 6.45) is 3.50. The van der Waals surface area contributed by atoms with Crippen LogP contribution in [0, 0.1) is 0 Å². The number of nitrogens with zero attached hydrogens (tertiary/aromatic N) is 2. The highest BCUT2D eigenvalue weighted by Crippen LogP contribution is 2.22. The monoisotopic (exact) mass is 241 g/mol. The SMILES string of the molecule is CC(=O)C(CCO)SCc1cncnc1N.